The van der Waals surface area contributed by atoms with E-state index in [0.29, 0.717) is 6.42 Å². The molecule has 0 radical (unpaired) electrons. The number of alkyl halides is 11. The van der Waals surface area contributed by atoms with Gasteiger partial charge in [-0.05, 0) is 30.7 Å². The molecule has 0 aliphatic rings. The van der Waals surface area contributed by atoms with Gasteiger partial charge in [0.05, 0.1) is 13.2 Å². The summed E-state index contributed by atoms with van der Waals surface area (Å²) < 4.78 is 158. The molecule has 0 bridgehead atoms. The second-order valence-corrected chi connectivity index (χ2v) is 7.12. The van der Waals surface area contributed by atoms with Gasteiger partial charge in [-0.2, -0.15) is 48.8 Å². The van der Waals surface area contributed by atoms with Crippen molar-refractivity contribution in [1.82, 2.24) is 0 Å². The lowest BCUT2D eigenvalue weighted by Crippen LogP contribution is -2.61. The second kappa shape index (κ2) is 13.7. The summed E-state index contributed by atoms with van der Waals surface area (Å²) in [6.07, 6.45) is -21.4. The Morgan fingerprint density at radius 2 is 1.37 bits per heavy atom. The third kappa shape index (κ3) is 9.23. The van der Waals surface area contributed by atoms with Gasteiger partial charge in [0.25, 0.3) is 0 Å². The fraction of sp³-hybridized carbons (Fsp3) is 0.684. The standard InChI is InChI=1S/C19H21F11O8/c20-11-35-18(27,28)16(23,24)19(29,30)38-17(25,26)15(21,22)10-33-8-12(32)9-34-13-2-4-14(5-3-13)37-36-7-1-6-31/h2-5,12,31-32H,1,6-11H2. The van der Waals surface area contributed by atoms with Crippen LogP contribution in [0.1, 0.15) is 6.42 Å². The van der Waals surface area contributed by atoms with Crippen molar-refractivity contribution in [2.45, 2.75) is 42.7 Å². The van der Waals surface area contributed by atoms with E-state index in [-0.39, 0.29) is 24.7 Å². The molecule has 1 aromatic carbocycles. The molecule has 0 aliphatic carbocycles. The Morgan fingerprint density at radius 3 is 1.92 bits per heavy atom. The number of benzene rings is 1. The largest absolute Gasteiger partial charge is 0.491 e. The van der Waals surface area contributed by atoms with Gasteiger partial charge in [0.15, 0.2) is 12.6 Å². The molecule has 0 fully saturated rings. The predicted octanol–water partition coefficient (Wildman–Crippen LogP) is 4.14. The van der Waals surface area contributed by atoms with Crippen molar-refractivity contribution in [1.29, 1.82) is 0 Å². The van der Waals surface area contributed by atoms with Crippen LogP contribution in [-0.4, -0.2) is 86.4 Å². The quantitative estimate of drug-likeness (QED) is 0.108. The van der Waals surface area contributed by atoms with Gasteiger partial charge in [0, 0.05) is 6.61 Å². The predicted molar refractivity (Wildman–Crippen MR) is 99.9 cm³/mol. The topological polar surface area (TPSA) is 95.8 Å². The number of rotatable bonds is 19. The summed E-state index contributed by atoms with van der Waals surface area (Å²) in [6, 6.07) is 5.31. The highest BCUT2D eigenvalue weighted by Gasteiger charge is 2.78. The molecule has 8 nitrogen and oxygen atoms in total. The van der Waals surface area contributed by atoms with Crippen LogP contribution in [0, 0.1) is 0 Å². The van der Waals surface area contributed by atoms with Crippen molar-refractivity contribution >= 4 is 0 Å². The Balaban J connectivity index is 2.59. The third-order valence-corrected chi connectivity index (χ3v) is 4.05. The van der Waals surface area contributed by atoms with Gasteiger partial charge in [0.1, 0.15) is 25.1 Å². The molecule has 0 saturated carbocycles. The molecule has 1 unspecified atom stereocenters. The van der Waals surface area contributed by atoms with E-state index in [1.807, 2.05) is 0 Å². The first kappa shape index (κ1) is 33.8. The van der Waals surface area contributed by atoms with E-state index in [9.17, 15) is 53.4 Å². The summed E-state index contributed by atoms with van der Waals surface area (Å²) in [5.74, 6) is -12.5. The Kier molecular flexibility index (Phi) is 12.2. The van der Waals surface area contributed by atoms with E-state index in [2.05, 4.69) is 14.2 Å². The van der Waals surface area contributed by atoms with E-state index < -0.39 is 63.0 Å². The number of ether oxygens (including phenoxy) is 4. The lowest BCUT2D eigenvalue weighted by Gasteiger charge is -2.34. The number of aliphatic hydroxyl groups excluding tert-OH is 2. The molecule has 38 heavy (non-hydrogen) atoms. The first-order valence-electron chi connectivity index (χ1n) is 10.1. The third-order valence-electron chi connectivity index (χ3n) is 4.05. The van der Waals surface area contributed by atoms with E-state index in [1.165, 1.54) is 24.3 Å². The SMILES string of the molecule is OCCCOOc1ccc(OCC(O)COCC(F)(F)C(F)(F)OC(F)(F)C(F)(F)C(F)(F)OCF)cc1. The van der Waals surface area contributed by atoms with Crippen LogP contribution in [0.3, 0.4) is 0 Å². The van der Waals surface area contributed by atoms with Crippen LogP contribution < -0.4 is 9.62 Å². The van der Waals surface area contributed by atoms with Crippen LogP contribution in [0.25, 0.3) is 0 Å². The molecule has 1 aromatic rings. The van der Waals surface area contributed by atoms with Gasteiger partial charge in [0.2, 0.25) is 0 Å². The van der Waals surface area contributed by atoms with Crippen molar-refractivity contribution in [2.75, 3.05) is 39.9 Å². The molecule has 19 heteroatoms. The van der Waals surface area contributed by atoms with Crippen molar-refractivity contribution < 1.29 is 87.2 Å². The average Bonchev–Trinajstić information content (AvgIpc) is 2.80. The van der Waals surface area contributed by atoms with E-state index in [1.54, 1.807) is 0 Å². The summed E-state index contributed by atoms with van der Waals surface area (Å²) in [5.41, 5.74) is 0. The molecule has 0 aromatic heterocycles. The summed E-state index contributed by atoms with van der Waals surface area (Å²) in [4.78, 5) is 9.60. The van der Waals surface area contributed by atoms with Crippen molar-refractivity contribution in [3.8, 4) is 11.5 Å². The maximum absolute atomic E-state index is 13.6. The molecule has 1 rings (SSSR count). The van der Waals surface area contributed by atoms with Crippen LogP contribution in [0.4, 0.5) is 48.3 Å². The van der Waals surface area contributed by atoms with E-state index in [0.717, 1.165) is 0 Å². The Hall–Kier alpha value is -2.19. The van der Waals surface area contributed by atoms with Gasteiger partial charge in [-0.1, -0.05) is 0 Å². The molecule has 0 saturated heterocycles. The average molecular weight is 586 g/mol. The highest BCUT2D eigenvalue weighted by Crippen LogP contribution is 2.51. The van der Waals surface area contributed by atoms with Crippen molar-refractivity contribution in [3.05, 3.63) is 24.3 Å². The summed E-state index contributed by atoms with van der Waals surface area (Å²) in [6.45, 7) is -7.12. The lowest BCUT2D eigenvalue weighted by molar-refractivity contribution is -0.509. The number of aliphatic hydroxyl groups is 2. The van der Waals surface area contributed by atoms with Gasteiger partial charge >= 0.3 is 30.2 Å². The molecular formula is C19H21F11O8. The Morgan fingerprint density at radius 1 is 0.789 bits per heavy atom. The summed E-state index contributed by atoms with van der Waals surface area (Å²) >= 11 is 0. The van der Waals surface area contributed by atoms with Crippen LogP contribution in [0.2, 0.25) is 0 Å². The maximum Gasteiger partial charge on any atom is 0.433 e. The molecular weight excluding hydrogens is 565 g/mol. The molecule has 0 spiro atoms. The summed E-state index contributed by atoms with van der Waals surface area (Å²) in [7, 11) is 0. The molecule has 222 valence electrons. The fourth-order valence-corrected chi connectivity index (χ4v) is 2.10. The first-order valence-corrected chi connectivity index (χ1v) is 10.1. The van der Waals surface area contributed by atoms with Gasteiger partial charge in [-0.25, -0.2) is 9.13 Å². The van der Waals surface area contributed by atoms with Crippen molar-refractivity contribution in [2.24, 2.45) is 0 Å². The van der Waals surface area contributed by atoms with Crippen LogP contribution >= 0.6 is 0 Å². The summed E-state index contributed by atoms with van der Waals surface area (Å²) in [5, 5.41) is 18.2. The van der Waals surface area contributed by atoms with Crippen LogP contribution in [0.15, 0.2) is 24.3 Å². The minimum absolute atomic E-state index is 0.0914. The van der Waals surface area contributed by atoms with E-state index in [4.69, 9.17) is 19.6 Å². The zero-order valence-electron chi connectivity index (χ0n) is 18.8. The maximum atomic E-state index is 13.6. The second-order valence-electron chi connectivity index (χ2n) is 7.12. The minimum atomic E-state index is -7.00. The zero-order valence-corrected chi connectivity index (χ0v) is 18.8. The molecule has 2 N–H and O–H groups in total. The normalized spacial score (nSPS) is 14.4. The fourth-order valence-electron chi connectivity index (χ4n) is 2.10. The van der Waals surface area contributed by atoms with Gasteiger partial charge in [-0.3, -0.25) is 4.74 Å². The molecule has 1 atom stereocenters. The number of hydrogen-bond donors (Lipinski definition) is 2. The van der Waals surface area contributed by atoms with Crippen LogP contribution in [0.5, 0.6) is 11.5 Å². The van der Waals surface area contributed by atoms with Gasteiger partial charge in [-0.15, -0.1) is 0 Å². The number of halogens is 11. The molecule has 0 heterocycles. The number of hydrogen-bond acceptors (Lipinski definition) is 8. The Labute approximate surface area is 206 Å². The van der Waals surface area contributed by atoms with Crippen LogP contribution in [-0.2, 0) is 19.1 Å². The minimum Gasteiger partial charge on any atom is -0.491 e. The first-order chi connectivity index (χ1) is 17.4. The Bertz CT molecular complexity index is 827. The lowest BCUT2D eigenvalue weighted by atomic mass is 10.2. The van der Waals surface area contributed by atoms with Crippen molar-refractivity contribution in [3.63, 3.8) is 0 Å². The molecule has 0 aliphatic heterocycles. The smallest absolute Gasteiger partial charge is 0.433 e. The monoisotopic (exact) mass is 586 g/mol. The van der Waals surface area contributed by atoms with Gasteiger partial charge < -0.3 is 24.6 Å². The van der Waals surface area contributed by atoms with E-state index >= 15 is 0 Å². The molecule has 0 amide bonds. The highest BCUT2D eigenvalue weighted by molar-refractivity contribution is 5.30. The zero-order chi connectivity index (χ0) is 29.3. The highest BCUT2D eigenvalue weighted by atomic mass is 19.4.